The molecule has 1 fully saturated rings. The maximum Gasteiger partial charge on any atom is 0.326 e. The van der Waals surface area contributed by atoms with Crippen LogP contribution in [0, 0.1) is 5.92 Å². The van der Waals surface area contributed by atoms with Crippen molar-refractivity contribution in [1.29, 1.82) is 0 Å². The Morgan fingerprint density at radius 2 is 2.40 bits per heavy atom. The Morgan fingerprint density at radius 3 is 2.50 bits per heavy atom. The number of ether oxygens (including phenoxy) is 1. The molecular formula is C7H13NO2. The van der Waals surface area contributed by atoms with E-state index in [-0.39, 0.29) is 11.9 Å². The Morgan fingerprint density at radius 1 is 1.80 bits per heavy atom. The zero-order valence-electron chi connectivity index (χ0n) is 6.39. The minimum atomic E-state index is -0.672. The number of hydrogen-bond donors (Lipinski definition) is 1. The fraction of sp³-hybridized carbons (Fsp3) is 0.857. The predicted octanol–water partition coefficient (Wildman–Crippen LogP) is 0.287. The predicted molar refractivity (Wildman–Crippen MR) is 37.3 cm³/mol. The van der Waals surface area contributed by atoms with Crippen LogP contribution in [0.15, 0.2) is 0 Å². The summed E-state index contributed by atoms with van der Waals surface area (Å²) in [5, 5.41) is 0. The molecule has 1 aliphatic rings. The summed E-state index contributed by atoms with van der Waals surface area (Å²) in [6, 6.07) is 0. The SMILES string of the molecule is COC(=O)C1(N)CCC1C. The first-order valence-electron chi connectivity index (χ1n) is 3.48. The van der Waals surface area contributed by atoms with Gasteiger partial charge in [0.15, 0.2) is 0 Å². The van der Waals surface area contributed by atoms with Crippen molar-refractivity contribution < 1.29 is 9.53 Å². The van der Waals surface area contributed by atoms with Crippen LogP contribution in [0.3, 0.4) is 0 Å². The monoisotopic (exact) mass is 143 g/mol. The minimum Gasteiger partial charge on any atom is -0.468 e. The van der Waals surface area contributed by atoms with Crippen LogP contribution >= 0.6 is 0 Å². The second kappa shape index (κ2) is 2.23. The highest BCUT2D eigenvalue weighted by Gasteiger charge is 2.47. The van der Waals surface area contributed by atoms with Crippen LogP contribution in [-0.4, -0.2) is 18.6 Å². The highest BCUT2D eigenvalue weighted by atomic mass is 16.5. The van der Waals surface area contributed by atoms with E-state index in [1.54, 1.807) is 0 Å². The smallest absolute Gasteiger partial charge is 0.326 e. The van der Waals surface area contributed by atoms with Gasteiger partial charge in [-0.3, -0.25) is 4.79 Å². The molecule has 1 aliphatic carbocycles. The minimum absolute atomic E-state index is 0.272. The molecule has 3 heteroatoms. The zero-order valence-corrected chi connectivity index (χ0v) is 6.39. The first kappa shape index (κ1) is 7.54. The van der Waals surface area contributed by atoms with E-state index in [0.717, 1.165) is 12.8 Å². The summed E-state index contributed by atoms with van der Waals surface area (Å²) in [7, 11) is 1.38. The van der Waals surface area contributed by atoms with Gasteiger partial charge in [0, 0.05) is 0 Å². The van der Waals surface area contributed by atoms with Crippen LogP contribution in [0.4, 0.5) is 0 Å². The van der Waals surface area contributed by atoms with Crippen molar-refractivity contribution in [2.75, 3.05) is 7.11 Å². The van der Waals surface area contributed by atoms with Crippen molar-refractivity contribution in [1.82, 2.24) is 0 Å². The standard InChI is InChI=1S/C7H13NO2/c1-5-3-4-7(5,8)6(9)10-2/h5H,3-4,8H2,1-2H3. The number of carbonyl (C=O) groups is 1. The lowest BCUT2D eigenvalue weighted by molar-refractivity contribution is -0.153. The Labute approximate surface area is 60.5 Å². The van der Waals surface area contributed by atoms with E-state index in [1.165, 1.54) is 7.11 Å². The molecule has 1 saturated carbocycles. The molecule has 1 rings (SSSR count). The van der Waals surface area contributed by atoms with Crippen molar-refractivity contribution >= 4 is 5.97 Å². The van der Waals surface area contributed by atoms with E-state index < -0.39 is 5.54 Å². The molecule has 2 N–H and O–H groups in total. The fourth-order valence-electron chi connectivity index (χ4n) is 1.24. The quantitative estimate of drug-likeness (QED) is 0.537. The normalized spacial score (nSPS) is 38.5. The summed E-state index contributed by atoms with van der Waals surface area (Å²) in [6.07, 6.45) is 1.80. The maximum atomic E-state index is 11.0. The Kier molecular flexibility index (Phi) is 1.68. The Hall–Kier alpha value is -0.570. The molecule has 0 heterocycles. The Bertz CT molecular complexity index is 158. The summed E-state index contributed by atoms with van der Waals surface area (Å²) in [4.78, 5) is 11.0. The fourth-order valence-corrected chi connectivity index (χ4v) is 1.24. The van der Waals surface area contributed by atoms with E-state index in [1.807, 2.05) is 6.92 Å². The van der Waals surface area contributed by atoms with Gasteiger partial charge in [-0.2, -0.15) is 0 Å². The van der Waals surface area contributed by atoms with Gasteiger partial charge in [0.05, 0.1) is 7.11 Å². The molecule has 58 valence electrons. The van der Waals surface area contributed by atoms with E-state index in [4.69, 9.17) is 5.73 Å². The van der Waals surface area contributed by atoms with E-state index in [0.29, 0.717) is 0 Å². The van der Waals surface area contributed by atoms with Crippen LogP contribution in [-0.2, 0) is 9.53 Å². The number of carbonyl (C=O) groups excluding carboxylic acids is 1. The van der Waals surface area contributed by atoms with Crippen molar-refractivity contribution in [3.05, 3.63) is 0 Å². The highest BCUT2D eigenvalue weighted by molar-refractivity contribution is 5.82. The molecule has 0 aromatic rings. The summed E-state index contributed by atoms with van der Waals surface area (Å²) in [6.45, 7) is 1.97. The molecule has 2 unspecified atom stereocenters. The first-order chi connectivity index (χ1) is 4.61. The van der Waals surface area contributed by atoms with E-state index in [9.17, 15) is 4.79 Å². The van der Waals surface area contributed by atoms with Gasteiger partial charge < -0.3 is 10.5 Å². The summed E-state index contributed by atoms with van der Waals surface area (Å²) < 4.78 is 4.56. The number of esters is 1. The van der Waals surface area contributed by atoms with Gasteiger partial charge in [-0.15, -0.1) is 0 Å². The van der Waals surface area contributed by atoms with Gasteiger partial charge in [-0.25, -0.2) is 0 Å². The second-order valence-electron chi connectivity index (χ2n) is 2.97. The largest absolute Gasteiger partial charge is 0.468 e. The molecule has 0 amide bonds. The van der Waals surface area contributed by atoms with E-state index in [2.05, 4.69) is 4.74 Å². The third kappa shape index (κ3) is 0.814. The Balaban J connectivity index is 2.60. The zero-order chi connectivity index (χ0) is 7.78. The lowest BCUT2D eigenvalue weighted by atomic mass is 9.68. The van der Waals surface area contributed by atoms with Gasteiger partial charge in [0.2, 0.25) is 0 Å². The molecule has 0 bridgehead atoms. The van der Waals surface area contributed by atoms with Crippen LogP contribution < -0.4 is 5.73 Å². The summed E-state index contributed by atoms with van der Waals surface area (Å²) >= 11 is 0. The van der Waals surface area contributed by atoms with Crippen molar-refractivity contribution in [3.8, 4) is 0 Å². The van der Waals surface area contributed by atoms with Gasteiger partial charge in [-0.1, -0.05) is 6.92 Å². The molecule has 0 radical (unpaired) electrons. The third-order valence-corrected chi connectivity index (χ3v) is 2.44. The molecule has 0 aliphatic heterocycles. The average molecular weight is 143 g/mol. The van der Waals surface area contributed by atoms with Crippen molar-refractivity contribution in [3.63, 3.8) is 0 Å². The van der Waals surface area contributed by atoms with Crippen molar-refractivity contribution in [2.24, 2.45) is 11.7 Å². The molecule has 2 atom stereocenters. The van der Waals surface area contributed by atoms with Crippen LogP contribution in [0.2, 0.25) is 0 Å². The first-order valence-corrected chi connectivity index (χ1v) is 3.48. The maximum absolute atomic E-state index is 11.0. The molecule has 0 spiro atoms. The van der Waals surface area contributed by atoms with Crippen molar-refractivity contribution in [2.45, 2.75) is 25.3 Å². The van der Waals surface area contributed by atoms with Crippen LogP contribution in [0.1, 0.15) is 19.8 Å². The molecule has 0 saturated heterocycles. The molecule has 0 aromatic heterocycles. The van der Waals surface area contributed by atoms with E-state index >= 15 is 0 Å². The van der Waals surface area contributed by atoms with Gasteiger partial charge in [0.1, 0.15) is 5.54 Å². The molecule has 3 nitrogen and oxygen atoms in total. The van der Waals surface area contributed by atoms with Gasteiger partial charge in [0.25, 0.3) is 0 Å². The molecule has 0 aromatic carbocycles. The van der Waals surface area contributed by atoms with Crippen LogP contribution in [0.25, 0.3) is 0 Å². The summed E-state index contributed by atoms with van der Waals surface area (Å²) in [5.74, 6) is 0.00574. The topological polar surface area (TPSA) is 52.3 Å². The lowest BCUT2D eigenvalue weighted by Crippen LogP contribution is -2.60. The highest BCUT2D eigenvalue weighted by Crippen LogP contribution is 2.36. The second-order valence-corrected chi connectivity index (χ2v) is 2.97. The summed E-state index contributed by atoms with van der Waals surface area (Å²) in [5.41, 5.74) is 5.05. The van der Waals surface area contributed by atoms with Gasteiger partial charge in [-0.05, 0) is 18.8 Å². The average Bonchev–Trinajstić information content (AvgIpc) is 1.98. The number of nitrogens with two attached hydrogens (primary N) is 1. The lowest BCUT2D eigenvalue weighted by Gasteiger charge is -2.41. The third-order valence-electron chi connectivity index (χ3n) is 2.44. The number of methoxy groups -OCH3 is 1. The number of hydrogen-bond acceptors (Lipinski definition) is 3. The molecular weight excluding hydrogens is 130 g/mol. The van der Waals surface area contributed by atoms with Crippen LogP contribution in [0.5, 0.6) is 0 Å². The molecule has 10 heavy (non-hydrogen) atoms. The van der Waals surface area contributed by atoms with Gasteiger partial charge >= 0.3 is 5.97 Å². The number of rotatable bonds is 1.